The van der Waals surface area contributed by atoms with Gasteiger partial charge in [-0.1, -0.05) is 18.2 Å². The Hall–Kier alpha value is -2.43. The molecular weight excluding hydrogens is 418 g/mol. The zero-order chi connectivity index (χ0) is 22.1. The number of para-hydroxylation sites is 1. The van der Waals surface area contributed by atoms with Gasteiger partial charge in [-0.15, -0.1) is 0 Å². The molecule has 0 bridgehead atoms. The third-order valence-corrected chi connectivity index (χ3v) is 5.49. The fourth-order valence-corrected chi connectivity index (χ4v) is 3.11. The molecule has 0 aliphatic carbocycles. The van der Waals surface area contributed by atoms with Crippen LogP contribution < -0.4 is 19.1 Å². The number of sulfonamides is 1. The highest BCUT2D eigenvalue weighted by atomic mass is 32.2. The maximum Gasteiger partial charge on any atom is 0.387 e. The number of anilines is 1. The summed E-state index contributed by atoms with van der Waals surface area (Å²) in [5.74, 6) is 0.640. The Labute approximate surface area is 175 Å². The van der Waals surface area contributed by atoms with E-state index in [0.29, 0.717) is 30.0 Å². The molecule has 7 nitrogen and oxygen atoms in total. The first-order chi connectivity index (χ1) is 14.2. The van der Waals surface area contributed by atoms with Crippen LogP contribution in [0.25, 0.3) is 0 Å². The smallest absolute Gasteiger partial charge is 0.387 e. The summed E-state index contributed by atoms with van der Waals surface area (Å²) in [5.41, 5.74) is 1.15. The average molecular weight is 445 g/mol. The summed E-state index contributed by atoms with van der Waals surface area (Å²) in [6.45, 7) is -2.11. The van der Waals surface area contributed by atoms with Gasteiger partial charge in [-0.05, 0) is 48.9 Å². The van der Waals surface area contributed by atoms with Gasteiger partial charge in [0.05, 0.1) is 11.9 Å². The lowest BCUT2D eigenvalue weighted by Crippen LogP contribution is -2.32. The number of nitrogens with zero attached hydrogens (tertiary/aromatic N) is 1. The maximum atomic E-state index is 12.4. The largest absolute Gasteiger partial charge is 0.491 e. The highest BCUT2D eigenvalue weighted by molar-refractivity contribution is 7.92. The lowest BCUT2D eigenvalue weighted by atomic mass is 10.1. The van der Waals surface area contributed by atoms with Crippen LogP contribution >= 0.6 is 0 Å². The first-order valence-electron chi connectivity index (χ1n) is 9.25. The third-order valence-electron chi connectivity index (χ3n) is 4.28. The SMILES string of the molecule is CN(c1ccc(OCC(O)CNCCc2ccccc2OC(F)F)cc1)S(C)(=O)=O. The van der Waals surface area contributed by atoms with Crippen LogP contribution in [-0.4, -0.2) is 59.2 Å². The second kappa shape index (κ2) is 11.1. The number of rotatable bonds is 12. The van der Waals surface area contributed by atoms with Gasteiger partial charge in [0.1, 0.15) is 24.2 Å². The van der Waals surface area contributed by atoms with Crippen LogP contribution in [0.1, 0.15) is 5.56 Å². The molecule has 0 aliphatic rings. The average Bonchev–Trinajstić information content (AvgIpc) is 2.69. The number of hydrogen-bond donors (Lipinski definition) is 2. The third kappa shape index (κ3) is 7.77. The van der Waals surface area contributed by atoms with Crippen LogP contribution in [0.2, 0.25) is 0 Å². The zero-order valence-corrected chi connectivity index (χ0v) is 17.6. The predicted octanol–water partition coefficient (Wildman–Crippen LogP) is 2.26. The van der Waals surface area contributed by atoms with Gasteiger partial charge < -0.3 is 19.9 Å². The molecule has 0 saturated heterocycles. The fourth-order valence-electron chi connectivity index (χ4n) is 2.61. The van der Waals surface area contributed by atoms with Crippen molar-refractivity contribution >= 4 is 15.7 Å². The highest BCUT2D eigenvalue weighted by Gasteiger charge is 2.12. The van der Waals surface area contributed by atoms with Gasteiger partial charge in [0, 0.05) is 13.6 Å². The normalized spacial score (nSPS) is 12.6. The minimum absolute atomic E-state index is 0.0410. The molecule has 0 saturated carbocycles. The number of benzene rings is 2. The van der Waals surface area contributed by atoms with E-state index in [0.717, 1.165) is 10.6 Å². The lowest BCUT2D eigenvalue weighted by molar-refractivity contribution is -0.0504. The van der Waals surface area contributed by atoms with E-state index in [2.05, 4.69) is 10.1 Å². The molecule has 0 fully saturated rings. The molecule has 0 amide bonds. The van der Waals surface area contributed by atoms with E-state index >= 15 is 0 Å². The molecule has 2 aromatic carbocycles. The molecule has 0 spiro atoms. The maximum absolute atomic E-state index is 12.4. The van der Waals surface area contributed by atoms with E-state index in [1.165, 1.54) is 13.1 Å². The molecule has 2 rings (SSSR count). The summed E-state index contributed by atoms with van der Waals surface area (Å²) in [5, 5.41) is 13.1. The summed E-state index contributed by atoms with van der Waals surface area (Å²) in [7, 11) is -1.88. The number of hydrogen-bond acceptors (Lipinski definition) is 6. The van der Waals surface area contributed by atoms with E-state index in [1.807, 2.05) is 0 Å². The number of aliphatic hydroxyl groups excluding tert-OH is 1. The van der Waals surface area contributed by atoms with Gasteiger partial charge in [0.15, 0.2) is 0 Å². The second-order valence-electron chi connectivity index (χ2n) is 6.63. The summed E-state index contributed by atoms with van der Waals surface area (Å²) in [6.07, 6.45) is 0.799. The van der Waals surface area contributed by atoms with E-state index in [9.17, 15) is 22.3 Å². The second-order valence-corrected chi connectivity index (χ2v) is 8.64. The van der Waals surface area contributed by atoms with Crippen molar-refractivity contribution in [1.82, 2.24) is 5.32 Å². The van der Waals surface area contributed by atoms with E-state index in [-0.39, 0.29) is 18.9 Å². The standard InChI is InChI=1S/C20H26F2N2O5S/c1-24(30(2,26)27)16-7-9-18(10-8-16)28-14-17(25)13-23-12-11-15-5-3-4-6-19(15)29-20(21)22/h3-10,17,20,23,25H,11-14H2,1-2H3. The Morgan fingerprint density at radius 2 is 1.80 bits per heavy atom. The van der Waals surface area contributed by atoms with E-state index in [4.69, 9.17) is 4.74 Å². The highest BCUT2D eigenvalue weighted by Crippen LogP contribution is 2.21. The van der Waals surface area contributed by atoms with E-state index in [1.54, 1.807) is 42.5 Å². The summed E-state index contributed by atoms with van der Waals surface area (Å²) in [4.78, 5) is 0. The Morgan fingerprint density at radius 1 is 1.13 bits per heavy atom. The van der Waals surface area contributed by atoms with Crippen LogP contribution in [0.5, 0.6) is 11.5 Å². The molecule has 30 heavy (non-hydrogen) atoms. The Morgan fingerprint density at radius 3 is 2.43 bits per heavy atom. The minimum Gasteiger partial charge on any atom is -0.491 e. The van der Waals surface area contributed by atoms with Crippen molar-refractivity contribution < 1.29 is 31.8 Å². The summed E-state index contributed by atoms with van der Waals surface area (Å²) >= 11 is 0. The van der Waals surface area contributed by atoms with Crippen molar-refractivity contribution in [3.05, 3.63) is 54.1 Å². The molecular formula is C20H26F2N2O5S. The van der Waals surface area contributed by atoms with Gasteiger partial charge in [0.2, 0.25) is 10.0 Å². The van der Waals surface area contributed by atoms with Crippen LogP contribution in [0.4, 0.5) is 14.5 Å². The van der Waals surface area contributed by atoms with Crippen molar-refractivity contribution in [3.63, 3.8) is 0 Å². The van der Waals surface area contributed by atoms with Gasteiger partial charge in [-0.25, -0.2) is 8.42 Å². The monoisotopic (exact) mass is 444 g/mol. The Kier molecular flexibility index (Phi) is 8.82. The first kappa shape index (κ1) is 23.8. The van der Waals surface area contributed by atoms with Crippen molar-refractivity contribution in [1.29, 1.82) is 0 Å². The molecule has 166 valence electrons. The first-order valence-corrected chi connectivity index (χ1v) is 11.1. The number of ether oxygens (including phenoxy) is 2. The molecule has 2 N–H and O–H groups in total. The van der Waals surface area contributed by atoms with E-state index < -0.39 is 22.7 Å². The van der Waals surface area contributed by atoms with Gasteiger partial charge >= 0.3 is 6.61 Å². The molecule has 1 unspecified atom stereocenters. The number of nitrogens with one attached hydrogen (secondary N) is 1. The summed E-state index contributed by atoms with van der Waals surface area (Å²) in [6, 6.07) is 13.0. The summed E-state index contributed by atoms with van der Waals surface area (Å²) < 4.78 is 59.0. The van der Waals surface area contributed by atoms with Crippen molar-refractivity contribution in [3.8, 4) is 11.5 Å². The Balaban J connectivity index is 1.72. The fraction of sp³-hybridized carbons (Fsp3) is 0.400. The molecule has 0 radical (unpaired) electrons. The Bertz CT molecular complexity index is 894. The topological polar surface area (TPSA) is 88.1 Å². The molecule has 0 heterocycles. The van der Waals surface area contributed by atoms with Crippen molar-refractivity contribution in [2.45, 2.75) is 19.1 Å². The van der Waals surface area contributed by atoms with Crippen LogP contribution in [0.3, 0.4) is 0 Å². The minimum atomic E-state index is -3.34. The number of aliphatic hydroxyl groups is 1. The van der Waals surface area contributed by atoms with Crippen LogP contribution in [0, 0.1) is 0 Å². The molecule has 2 aromatic rings. The molecule has 10 heteroatoms. The predicted molar refractivity (Wildman–Crippen MR) is 111 cm³/mol. The number of alkyl halides is 2. The van der Waals surface area contributed by atoms with Gasteiger partial charge in [0.25, 0.3) is 0 Å². The molecule has 0 aromatic heterocycles. The van der Waals surface area contributed by atoms with Gasteiger partial charge in [-0.2, -0.15) is 8.78 Å². The quantitative estimate of drug-likeness (QED) is 0.489. The zero-order valence-electron chi connectivity index (χ0n) is 16.8. The van der Waals surface area contributed by atoms with Crippen molar-refractivity contribution in [2.24, 2.45) is 0 Å². The lowest BCUT2D eigenvalue weighted by Gasteiger charge is -2.17. The van der Waals surface area contributed by atoms with Crippen molar-refractivity contribution in [2.75, 3.05) is 37.3 Å². The molecule has 0 aliphatic heterocycles. The number of halogens is 2. The van der Waals surface area contributed by atoms with Gasteiger partial charge in [-0.3, -0.25) is 4.31 Å². The van der Waals surface area contributed by atoms with Crippen LogP contribution in [0.15, 0.2) is 48.5 Å². The molecule has 1 atom stereocenters. The van der Waals surface area contributed by atoms with Crippen LogP contribution in [-0.2, 0) is 16.4 Å².